The minimum absolute atomic E-state index is 0.0443. The molecule has 0 radical (unpaired) electrons. The van der Waals surface area contributed by atoms with Gasteiger partial charge in [0.15, 0.2) is 11.5 Å². The second-order valence-electron chi connectivity index (χ2n) is 6.86. The molecule has 0 aromatic heterocycles. The highest BCUT2D eigenvalue weighted by Gasteiger charge is 2.15. The maximum atomic E-state index is 12.7. The molecule has 3 aromatic rings. The van der Waals surface area contributed by atoms with E-state index in [2.05, 4.69) is 27.9 Å². The molecule has 1 amide bonds. The van der Waals surface area contributed by atoms with Crippen molar-refractivity contribution in [3.8, 4) is 23.3 Å². The molecule has 0 spiro atoms. The molecule has 33 heavy (non-hydrogen) atoms. The van der Waals surface area contributed by atoms with Crippen LogP contribution in [-0.2, 0) is 11.4 Å². The lowest BCUT2D eigenvalue weighted by Crippen LogP contribution is -2.14. The Morgan fingerprint density at radius 1 is 1.06 bits per heavy atom. The van der Waals surface area contributed by atoms with Crippen molar-refractivity contribution in [1.82, 2.24) is 0 Å². The molecule has 0 saturated heterocycles. The van der Waals surface area contributed by atoms with Gasteiger partial charge in [0, 0.05) is 0 Å². The SMILES string of the molecule is CCOc1cc(/C=C(\C#N)C(=O)Nc2ccccc2OC)cc(I)c1OCc1ccccc1. The number of hydrogen-bond donors (Lipinski definition) is 1. The molecule has 0 atom stereocenters. The van der Waals surface area contributed by atoms with Gasteiger partial charge in [-0.1, -0.05) is 42.5 Å². The van der Waals surface area contributed by atoms with E-state index in [1.54, 1.807) is 30.3 Å². The number of nitrogens with zero attached hydrogens (tertiary/aromatic N) is 1. The number of rotatable bonds is 9. The second kappa shape index (κ2) is 11.9. The fraction of sp³-hybridized carbons (Fsp3) is 0.154. The van der Waals surface area contributed by atoms with Gasteiger partial charge in [-0.3, -0.25) is 4.79 Å². The molecule has 6 nitrogen and oxygen atoms in total. The number of para-hydroxylation sites is 2. The summed E-state index contributed by atoms with van der Waals surface area (Å²) in [6, 6.07) is 22.5. The number of hydrogen-bond acceptors (Lipinski definition) is 5. The minimum atomic E-state index is -0.528. The fourth-order valence-corrected chi connectivity index (χ4v) is 3.84. The molecule has 0 saturated carbocycles. The highest BCUT2D eigenvalue weighted by molar-refractivity contribution is 14.1. The molecule has 0 unspecified atom stereocenters. The van der Waals surface area contributed by atoms with Crippen molar-refractivity contribution in [2.45, 2.75) is 13.5 Å². The molecule has 0 heterocycles. The zero-order valence-electron chi connectivity index (χ0n) is 18.3. The van der Waals surface area contributed by atoms with E-state index in [0.29, 0.717) is 41.7 Å². The number of anilines is 1. The molecule has 0 aliphatic rings. The van der Waals surface area contributed by atoms with Crippen molar-refractivity contribution in [2.24, 2.45) is 0 Å². The van der Waals surface area contributed by atoms with Gasteiger partial charge in [0.1, 0.15) is 24.0 Å². The van der Waals surface area contributed by atoms with Crippen LogP contribution in [0.3, 0.4) is 0 Å². The Labute approximate surface area is 206 Å². The lowest BCUT2D eigenvalue weighted by Gasteiger charge is -2.15. The summed E-state index contributed by atoms with van der Waals surface area (Å²) in [5, 5.41) is 12.3. The van der Waals surface area contributed by atoms with Gasteiger partial charge in [-0.25, -0.2) is 0 Å². The molecule has 168 valence electrons. The molecule has 0 aliphatic carbocycles. The number of nitrogens with one attached hydrogen (secondary N) is 1. The normalized spacial score (nSPS) is 10.8. The van der Waals surface area contributed by atoms with Crippen molar-refractivity contribution in [3.05, 3.63) is 87.0 Å². The zero-order chi connectivity index (χ0) is 23.6. The van der Waals surface area contributed by atoms with Crippen molar-refractivity contribution in [3.63, 3.8) is 0 Å². The highest BCUT2D eigenvalue weighted by Crippen LogP contribution is 2.35. The zero-order valence-corrected chi connectivity index (χ0v) is 20.5. The van der Waals surface area contributed by atoms with E-state index in [0.717, 1.165) is 9.13 Å². The number of nitriles is 1. The van der Waals surface area contributed by atoms with Crippen molar-refractivity contribution < 1.29 is 19.0 Å². The molecule has 0 bridgehead atoms. The third-order valence-corrected chi connectivity index (χ3v) is 5.39. The number of amides is 1. The smallest absolute Gasteiger partial charge is 0.266 e. The Morgan fingerprint density at radius 3 is 2.48 bits per heavy atom. The first-order valence-electron chi connectivity index (χ1n) is 10.2. The van der Waals surface area contributed by atoms with Crippen LogP contribution in [0.1, 0.15) is 18.1 Å². The summed E-state index contributed by atoms with van der Waals surface area (Å²) in [5.41, 5.74) is 2.14. The van der Waals surface area contributed by atoms with Gasteiger partial charge >= 0.3 is 0 Å². The summed E-state index contributed by atoms with van der Waals surface area (Å²) in [5.74, 6) is 1.15. The first-order chi connectivity index (χ1) is 16.0. The van der Waals surface area contributed by atoms with E-state index in [1.807, 2.05) is 49.4 Å². The van der Waals surface area contributed by atoms with Crippen LogP contribution in [0.25, 0.3) is 6.08 Å². The maximum Gasteiger partial charge on any atom is 0.266 e. The third-order valence-electron chi connectivity index (χ3n) is 4.59. The quantitative estimate of drug-likeness (QED) is 0.205. The number of carbonyl (C=O) groups excluding carboxylic acids is 1. The number of halogens is 1. The average Bonchev–Trinajstić information content (AvgIpc) is 2.83. The standard InChI is InChI=1S/C26H23IN2O4/c1-3-32-24-15-19(14-21(27)25(24)33-17-18-9-5-4-6-10-18)13-20(16-28)26(30)29-22-11-7-8-12-23(22)31-2/h4-15H,3,17H2,1-2H3,(H,29,30)/b20-13+. The predicted molar refractivity (Wildman–Crippen MR) is 136 cm³/mol. The number of benzene rings is 3. The summed E-state index contributed by atoms with van der Waals surface area (Å²) in [6.07, 6.45) is 1.52. The Balaban J connectivity index is 1.86. The lowest BCUT2D eigenvalue weighted by atomic mass is 10.1. The summed E-state index contributed by atoms with van der Waals surface area (Å²) in [6.45, 7) is 2.74. The van der Waals surface area contributed by atoms with Gasteiger partial charge in [0.2, 0.25) is 0 Å². The first-order valence-corrected chi connectivity index (χ1v) is 11.3. The number of methoxy groups -OCH3 is 1. The van der Waals surface area contributed by atoms with Gasteiger partial charge in [0.25, 0.3) is 5.91 Å². The van der Waals surface area contributed by atoms with Crippen LogP contribution in [0.15, 0.2) is 72.3 Å². The third kappa shape index (κ3) is 6.49. The lowest BCUT2D eigenvalue weighted by molar-refractivity contribution is -0.112. The monoisotopic (exact) mass is 554 g/mol. The van der Waals surface area contributed by atoms with Crippen molar-refractivity contribution >= 4 is 40.3 Å². The molecule has 3 rings (SSSR count). The number of ether oxygens (including phenoxy) is 3. The van der Waals surface area contributed by atoms with E-state index in [4.69, 9.17) is 14.2 Å². The van der Waals surface area contributed by atoms with Crippen LogP contribution in [0.5, 0.6) is 17.2 Å². The topological polar surface area (TPSA) is 80.6 Å². The van der Waals surface area contributed by atoms with Crippen LogP contribution in [0.2, 0.25) is 0 Å². The van der Waals surface area contributed by atoms with Crippen LogP contribution in [-0.4, -0.2) is 19.6 Å². The Hall–Kier alpha value is -3.51. The summed E-state index contributed by atoms with van der Waals surface area (Å²) in [4.78, 5) is 12.7. The summed E-state index contributed by atoms with van der Waals surface area (Å²) >= 11 is 2.16. The maximum absolute atomic E-state index is 12.7. The van der Waals surface area contributed by atoms with Crippen LogP contribution >= 0.6 is 22.6 Å². The fourth-order valence-electron chi connectivity index (χ4n) is 3.06. The van der Waals surface area contributed by atoms with Crippen molar-refractivity contribution in [2.75, 3.05) is 19.0 Å². The molecule has 0 aliphatic heterocycles. The number of carbonyl (C=O) groups is 1. The van der Waals surface area contributed by atoms with E-state index < -0.39 is 5.91 Å². The second-order valence-corrected chi connectivity index (χ2v) is 8.02. The van der Waals surface area contributed by atoms with Gasteiger partial charge in [-0.15, -0.1) is 0 Å². The van der Waals surface area contributed by atoms with Gasteiger partial charge < -0.3 is 19.5 Å². The molecule has 3 aromatic carbocycles. The molecule has 7 heteroatoms. The van der Waals surface area contributed by atoms with E-state index >= 15 is 0 Å². The molecule has 0 fully saturated rings. The molecule has 1 N–H and O–H groups in total. The largest absolute Gasteiger partial charge is 0.495 e. The highest BCUT2D eigenvalue weighted by atomic mass is 127. The predicted octanol–water partition coefficient (Wildman–Crippen LogP) is 5.82. The van der Waals surface area contributed by atoms with E-state index in [-0.39, 0.29) is 5.57 Å². The van der Waals surface area contributed by atoms with E-state index in [9.17, 15) is 10.1 Å². The Bertz CT molecular complexity index is 1190. The Kier molecular flexibility index (Phi) is 8.72. The Morgan fingerprint density at radius 2 is 1.79 bits per heavy atom. The van der Waals surface area contributed by atoms with Crippen LogP contribution in [0.4, 0.5) is 5.69 Å². The van der Waals surface area contributed by atoms with Crippen LogP contribution < -0.4 is 19.5 Å². The summed E-state index contributed by atoms with van der Waals surface area (Å²) < 4.78 is 17.9. The molecular formula is C26H23IN2O4. The average molecular weight is 554 g/mol. The van der Waals surface area contributed by atoms with Gasteiger partial charge in [-0.05, 0) is 71.0 Å². The summed E-state index contributed by atoms with van der Waals surface area (Å²) in [7, 11) is 1.52. The van der Waals surface area contributed by atoms with Gasteiger partial charge in [-0.2, -0.15) is 5.26 Å². The van der Waals surface area contributed by atoms with Crippen LogP contribution in [0, 0.1) is 14.9 Å². The van der Waals surface area contributed by atoms with Crippen molar-refractivity contribution in [1.29, 1.82) is 5.26 Å². The van der Waals surface area contributed by atoms with Gasteiger partial charge in [0.05, 0.1) is 23.0 Å². The molecular weight excluding hydrogens is 531 g/mol. The van der Waals surface area contributed by atoms with E-state index in [1.165, 1.54) is 13.2 Å². The first kappa shape index (κ1) is 24.1. The minimum Gasteiger partial charge on any atom is -0.495 e.